The van der Waals surface area contributed by atoms with Crippen LogP contribution < -0.4 is 0 Å². The molecule has 0 unspecified atom stereocenters. The van der Waals surface area contributed by atoms with Gasteiger partial charge in [0.1, 0.15) is 5.78 Å². The summed E-state index contributed by atoms with van der Waals surface area (Å²) in [5, 5.41) is 9.09. The normalized spacial score (nSPS) is 46.0. The zero-order chi connectivity index (χ0) is 22.1. The van der Waals surface area contributed by atoms with Crippen LogP contribution in [0.25, 0.3) is 0 Å². The van der Waals surface area contributed by atoms with E-state index >= 15 is 0 Å². The molecule has 3 fully saturated rings. The van der Waals surface area contributed by atoms with Crippen molar-refractivity contribution in [1.82, 2.24) is 0 Å². The van der Waals surface area contributed by atoms with Gasteiger partial charge < -0.3 is 5.11 Å². The van der Waals surface area contributed by atoms with Gasteiger partial charge in [-0.15, -0.1) is 0 Å². The minimum atomic E-state index is -0.847. The van der Waals surface area contributed by atoms with E-state index in [0.29, 0.717) is 23.5 Å². The van der Waals surface area contributed by atoms with E-state index in [1.165, 1.54) is 31.8 Å². The Morgan fingerprint density at radius 1 is 1.13 bits per heavy atom. The summed E-state index contributed by atoms with van der Waals surface area (Å²) >= 11 is 0. The molecule has 4 rings (SSSR count). The topological polar surface area (TPSA) is 54.4 Å². The number of hydrogen-bond acceptors (Lipinski definition) is 2. The largest absolute Gasteiger partial charge is 0.478 e. The average Bonchev–Trinajstić information content (AvgIpc) is 2.95. The first-order chi connectivity index (χ1) is 13.9. The summed E-state index contributed by atoms with van der Waals surface area (Å²) in [7, 11) is 0. The SMILES string of the molecule is C[C@@H](/C=C/C(=O)O)[C@@H]1CC[C@]2(C)C3=CC[C@H]4C(C)(C)C(=O)CC[C@]4(C)[C@@H]3CC[C@@]12C. The van der Waals surface area contributed by atoms with E-state index in [1.54, 1.807) is 5.57 Å². The van der Waals surface area contributed by atoms with E-state index in [1.807, 2.05) is 6.08 Å². The molecular formula is C27H40O3. The molecule has 0 amide bonds. The van der Waals surface area contributed by atoms with Crippen LogP contribution in [0.15, 0.2) is 23.8 Å². The highest BCUT2D eigenvalue weighted by Crippen LogP contribution is 2.73. The molecule has 7 atom stereocenters. The highest BCUT2D eigenvalue weighted by Gasteiger charge is 2.65. The quantitative estimate of drug-likeness (QED) is 0.429. The van der Waals surface area contributed by atoms with Crippen molar-refractivity contribution in [2.24, 2.45) is 45.3 Å². The Labute approximate surface area is 182 Å². The van der Waals surface area contributed by atoms with Crippen LogP contribution in [0, 0.1) is 45.3 Å². The van der Waals surface area contributed by atoms with Gasteiger partial charge >= 0.3 is 5.97 Å². The second-order valence-corrected chi connectivity index (χ2v) is 12.1. The maximum absolute atomic E-state index is 12.7. The lowest BCUT2D eigenvalue weighted by atomic mass is 9.41. The Bertz CT molecular complexity index is 820. The molecule has 1 N–H and O–H groups in total. The van der Waals surface area contributed by atoms with Gasteiger partial charge in [-0.3, -0.25) is 4.79 Å². The van der Waals surface area contributed by atoms with Gasteiger partial charge in [-0.25, -0.2) is 4.79 Å². The Morgan fingerprint density at radius 2 is 1.83 bits per heavy atom. The monoisotopic (exact) mass is 412 g/mol. The minimum absolute atomic E-state index is 0.186. The van der Waals surface area contributed by atoms with Crippen molar-refractivity contribution in [3.63, 3.8) is 0 Å². The first kappa shape index (κ1) is 21.8. The van der Waals surface area contributed by atoms with Crippen molar-refractivity contribution in [2.45, 2.75) is 86.5 Å². The van der Waals surface area contributed by atoms with Crippen molar-refractivity contribution in [3.8, 4) is 0 Å². The third-order valence-corrected chi connectivity index (χ3v) is 10.8. The molecular weight excluding hydrogens is 372 g/mol. The van der Waals surface area contributed by atoms with E-state index in [-0.39, 0.29) is 27.6 Å². The molecule has 0 bridgehead atoms. The van der Waals surface area contributed by atoms with E-state index in [0.717, 1.165) is 19.3 Å². The number of rotatable bonds is 3. The lowest BCUT2D eigenvalue weighted by Gasteiger charge is -2.63. The lowest BCUT2D eigenvalue weighted by Crippen LogP contribution is -2.57. The third kappa shape index (κ3) is 2.76. The fraction of sp³-hybridized carbons (Fsp3) is 0.778. The van der Waals surface area contributed by atoms with Gasteiger partial charge in [0.05, 0.1) is 0 Å². The Morgan fingerprint density at radius 3 is 2.50 bits per heavy atom. The number of carbonyl (C=O) groups excluding carboxylic acids is 1. The van der Waals surface area contributed by atoms with Crippen molar-refractivity contribution >= 4 is 11.8 Å². The number of carboxylic acid groups (broad SMARTS) is 1. The number of carbonyl (C=O) groups is 2. The van der Waals surface area contributed by atoms with E-state index in [4.69, 9.17) is 5.11 Å². The molecule has 3 nitrogen and oxygen atoms in total. The van der Waals surface area contributed by atoms with Crippen LogP contribution in [0.1, 0.15) is 86.5 Å². The van der Waals surface area contributed by atoms with Gasteiger partial charge in [0.15, 0.2) is 0 Å². The number of allylic oxidation sites excluding steroid dienone is 3. The first-order valence-corrected chi connectivity index (χ1v) is 12.0. The summed E-state index contributed by atoms with van der Waals surface area (Å²) in [6, 6.07) is 0. The molecule has 166 valence electrons. The van der Waals surface area contributed by atoms with Crippen molar-refractivity contribution in [1.29, 1.82) is 0 Å². The van der Waals surface area contributed by atoms with Crippen LogP contribution in [0.4, 0.5) is 0 Å². The molecule has 0 heterocycles. The standard InChI is InChI=1S/C27H40O3/c1-17(7-10-23(29)30)18-11-15-27(6)20-8-9-21-24(2,3)22(28)13-14-25(21,4)19(20)12-16-26(18,27)5/h7-8,10,17-19,21H,9,11-16H2,1-6H3,(H,29,30)/b10-7+/t17-,18-,19+,21-,25+,26-,27+/m0/s1. The maximum Gasteiger partial charge on any atom is 0.327 e. The number of aliphatic carboxylic acids is 1. The molecule has 0 aromatic rings. The summed E-state index contributed by atoms with van der Waals surface area (Å²) in [5.74, 6) is 1.44. The lowest BCUT2D eigenvalue weighted by molar-refractivity contribution is -0.145. The predicted octanol–water partition coefficient (Wildman–Crippen LogP) is 6.44. The minimum Gasteiger partial charge on any atom is -0.478 e. The van der Waals surface area contributed by atoms with Crippen LogP contribution in [0.2, 0.25) is 0 Å². The van der Waals surface area contributed by atoms with Gasteiger partial charge in [0.2, 0.25) is 0 Å². The maximum atomic E-state index is 12.7. The number of fused-ring (bicyclic) bond motifs is 5. The fourth-order valence-corrected chi connectivity index (χ4v) is 8.76. The molecule has 0 saturated heterocycles. The van der Waals surface area contributed by atoms with Gasteiger partial charge in [-0.1, -0.05) is 59.3 Å². The second-order valence-electron chi connectivity index (χ2n) is 12.1. The van der Waals surface area contributed by atoms with Crippen molar-refractivity contribution in [3.05, 3.63) is 23.8 Å². The Balaban J connectivity index is 1.70. The van der Waals surface area contributed by atoms with Crippen LogP contribution >= 0.6 is 0 Å². The number of ketones is 1. The second kappa shape index (κ2) is 6.81. The number of Topliss-reactive ketones (excluding diaryl/α,β-unsaturated/α-hetero) is 1. The van der Waals surface area contributed by atoms with Crippen LogP contribution in [-0.2, 0) is 9.59 Å². The predicted molar refractivity (Wildman–Crippen MR) is 120 cm³/mol. The number of carboxylic acids is 1. The molecule has 0 aromatic heterocycles. The van der Waals surface area contributed by atoms with E-state index < -0.39 is 5.97 Å². The van der Waals surface area contributed by atoms with Crippen molar-refractivity contribution < 1.29 is 14.7 Å². The summed E-state index contributed by atoms with van der Waals surface area (Å²) in [4.78, 5) is 23.8. The molecule has 0 aliphatic heterocycles. The van der Waals surface area contributed by atoms with Gasteiger partial charge in [-0.05, 0) is 78.4 Å². The molecule has 3 saturated carbocycles. The molecule has 3 heteroatoms. The average molecular weight is 413 g/mol. The molecule has 30 heavy (non-hydrogen) atoms. The molecule has 4 aliphatic carbocycles. The smallest absolute Gasteiger partial charge is 0.327 e. The van der Waals surface area contributed by atoms with Crippen molar-refractivity contribution in [2.75, 3.05) is 0 Å². The molecule has 0 spiro atoms. The highest BCUT2D eigenvalue weighted by atomic mass is 16.4. The molecule has 4 aliphatic rings. The van der Waals surface area contributed by atoms with Gasteiger partial charge in [0.25, 0.3) is 0 Å². The molecule has 0 radical (unpaired) electrons. The van der Waals surface area contributed by atoms with Crippen LogP contribution in [0.3, 0.4) is 0 Å². The van der Waals surface area contributed by atoms with Gasteiger partial charge in [0, 0.05) is 17.9 Å². The Kier molecular flexibility index (Phi) is 4.96. The Hall–Kier alpha value is -1.38. The third-order valence-electron chi connectivity index (χ3n) is 10.8. The summed E-state index contributed by atoms with van der Waals surface area (Å²) in [6.07, 6.45) is 13.4. The first-order valence-electron chi connectivity index (χ1n) is 12.0. The number of hydrogen-bond donors (Lipinski definition) is 1. The van der Waals surface area contributed by atoms with Crippen LogP contribution in [0.5, 0.6) is 0 Å². The molecule has 0 aromatic carbocycles. The van der Waals surface area contributed by atoms with Gasteiger partial charge in [-0.2, -0.15) is 0 Å². The van der Waals surface area contributed by atoms with E-state index in [9.17, 15) is 9.59 Å². The summed E-state index contributed by atoms with van der Waals surface area (Å²) in [6.45, 7) is 14.0. The zero-order valence-corrected chi connectivity index (χ0v) is 19.8. The van der Waals surface area contributed by atoms with Crippen LogP contribution in [-0.4, -0.2) is 16.9 Å². The fourth-order valence-electron chi connectivity index (χ4n) is 8.76. The highest BCUT2D eigenvalue weighted by molar-refractivity contribution is 5.85. The van der Waals surface area contributed by atoms with E-state index in [2.05, 4.69) is 47.6 Å². The summed E-state index contributed by atoms with van der Waals surface area (Å²) < 4.78 is 0. The zero-order valence-electron chi connectivity index (χ0n) is 19.8. The summed E-state index contributed by atoms with van der Waals surface area (Å²) in [5.41, 5.74) is 2.08.